The average molecular weight is 200 g/mol. The number of thioether (sulfide) groups is 1. The summed E-state index contributed by atoms with van der Waals surface area (Å²) in [4.78, 5) is 15.3. The second kappa shape index (κ2) is 3.67. The highest BCUT2D eigenvalue weighted by molar-refractivity contribution is 8.14. The quantitative estimate of drug-likeness (QED) is 0.650. The highest BCUT2D eigenvalue weighted by Gasteiger charge is 2.29. The van der Waals surface area contributed by atoms with Gasteiger partial charge in [0.05, 0.1) is 17.2 Å². The van der Waals surface area contributed by atoms with E-state index in [2.05, 4.69) is 10.3 Å². The molecule has 0 aromatic heterocycles. The summed E-state index contributed by atoms with van der Waals surface area (Å²) in [6.07, 6.45) is 0.0719. The molecule has 0 bridgehead atoms. The molecule has 2 aliphatic heterocycles. The Morgan fingerprint density at radius 3 is 3.08 bits per heavy atom. The van der Waals surface area contributed by atoms with Gasteiger partial charge in [-0.2, -0.15) is 0 Å². The second-order valence-electron chi connectivity index (χ2n) is 3.18. The number of hydrogen-bond donors (Lipinski definition) is 1. The number of carbonyl (C=O) groups is 1. The molecule has 2 aliphatic rings. The minimum absolute atomic E-state index is 0.0254. The fourth-order valence-corrected chi connectivity index (χ4v) is 2.37. The first kappa shape index (κ1) is 9.02. The van der Waals surface area contributed by atoms with E-state index in [-0.39, 0.29) is 24.7 Å². The Morgan fingerprint density at radius 1 is 1.69 bits per heavy atom. The van der Waals surface area contributed by atoms with Gasteiger partial charge in [-0.3, -0.25) is 9.79 Å². The molecule has 2 rings (SSSR count). The standard InChI is InChI=1S/C8H12N2O2S/c1-5-10-6(4-13-5)7-2-9-8(11)3-12-7/h6-7H,2-4H2,1H3,(H,9,11). The third kappa shape index (κ3) is 2.03. The van der Waals surface area contributed by atoms with Crippen LogP contribution in [0, 0.1) is 0 Å². The number of morpholine rings is 1. The summed E-state index contributed by atoms with van der Waals surface area (Å²) in [6, 6.07) is 0.227. The van der Waals surface area contributed by atoms with Crippen LogP contribution in [0.25, 0.3) is 0 Å². The Labute approximate surface area is 81.1 Å². The molecule has 5 heteroatoms. The van der Waals surface area contributed by atoms with Crippen molar-refractivity contribution >= 4 is 22.7 Å². The van der Waals surface area contributed by atoms with E-state index >= 15 is 0 Å². The minimum atomic E-state index is -0.0254. The summed E-state index contributed by atoms with van der Waals surface area (Å²) in [5.74, 6) is 0.953. The zero-order valence-corrected chi connectivity index (χ0v) is 8.26. The van der Waals surface area contributed by atoms with E-state index in [1.165, 1.54) is 0 Å². The zero-order valence-electron chi connectivity index (χ0n) is 7.45. The van der Waals surface area contributed by atoms with E-state index in [0.29, 0.717) is 6.54 Å². The van der Waals surface area contributed by atoms with Gasteiger partial charge in [-0.25, -0.2) is 0 Å². The molecule has 0 spiro atoms. The zero-order chi connectivity index (χ0) is 9.26. The molecule has 72 valence electrons. The van der Waals surface area contributed by atoms with Crippen LogP contribution < -0.4 is 5.32 Å². The highest BCUT2D eigenvalue weighted by Crippen LogP contribution is 2.21. The van der Waals surface area contributed by atoms with Crippen molar-refractivity contribution in [2.24, 2.45) is 4.99 Å². The van der Waals surface area contributed by atoms with Crippen molar-refractivity contribution in [3.8, 4) is 0 Å². The van der Waals surface area contributed by atoms with Crippen LogP contribution in [0.5, 0.6) is 0 Å². The number of ether oxygens (including phenoxy) is 1. The molecular weight excluding hydrogens is 188 g/mol. The van der Waals surface area contributed by atoms with Crippen LogP contribution in [0.15, 0.2) is 4.99 Å². The van der Waals surface area contributed by atoms with Crippen molar-refractivity contribution in [2.45, 2.75) is 19.1 Å². The molecule has 1 amide bonds. The van der Waals surface area contributed by atoms with Crippen molar-refractivity contribution in [1.82, 2.24) is 5.32 Å². The Balaban J connectivity index is 1.91. The van der Waals surface area contributed by atoms with Gasteiger partial charge in [-0.15, -0.1) is 11.8 Å². The third-order valence-corrected chi connectivity index (χ3v) is 3.20. The van der Waals surface area contributed by atoms with Gasteiger partial charge in [-0.1, -0.05) is 0 Å². The maximum absolute atomic E-state index is 10.8. The fraction of sp³-hybridized carbons (Fsp3) is 0.750. The van der Waals surface area contributed by atoms with Gasteiger partial charge < -0.3 is 10.1 Å². The molecule has 2 unspecified atom stereocenters. The van der Waals surface area contributed by atoms with Crippen LogP contribution in [0.1, 0.15) is 6.92 Å². The molecule has 4 nitrogen and oxygen atoms in total. The van der Waals surface area contributed by atoms with Gasteiger partial charge in [0.25, 0.3) is 0 Å². The molecule has 0 aromatic rings. The van der Waals surface area contributed by atoms with Crippen LogP contribution in [-0.2, 0) is 9.53 Å². The van der Waals surface area contributed by atoms with Gasteiger partial charge in [-0.05, 0) is 6.92 Å². The number of carbonyl (C=O) groups excluding carboxylic acids is 1. The van der Waals surface area contributed by atoms with Gasteiger partial charge in [0.2, 0.25) is 5.91 Å². The third-order valence-electron chi connectivity index (χ3n) is 2.17. The van der Waals surface area contributed by atoms with Gasteiger partial charge in [0.15, 0.2) is 0 Å². The van der Waals surface area contributed by atoms with Gasteiger partial charge >= 0.3 is 0 Å². The predicted octanol–water partition coefficient (Wildman–Crippen LogP) is 0.0352. The Morgan fingerprint density at radius 2 is 2.54 bits per heavy atom. The molecular formula is C8H12N2O2S. The van der Waals surface area contributed by atoms with Crippen molar-refractivity contribution in [1.29, 1.82) is 0 Å². The molecule has 0 radical (unpaired) electrons. The van der Waals surface area contributed by atoms with Gasteiger partial charge in [0, 0.05) is 12.3 Å². The van der Waals surface area contributed by atoms with E-state index in [1.54, 1.807) is 11.8 Å². The molecule has 1 saturated heterocycles. The number of nitrogens with zero attached hydrogens (tertiary/aromatic N) is 1. The normalized spacial score (nSPS) is 34.2. The van der Waals surface area contributed by atoms with Gasteiger partial charge in [0.1, 0.15) is 6.61 Å². The highest BCUT2D eigenvalue weighted by atomic mass is 32.2. The number of nitrogens with one attached hydrogen (secondary N) is 1. The van der Waals surface area contributed by atoms with Crippen molar-refractivity contribution in [3.63, 3.8) is 0 Å². The first-order valence-electron chi connectivity index (χ1n) is 4.31. The molecule has 0 saturated carbocycles. The molecule has 1 N–H and O–H groups in total. The summed E-state index contributed by atoms with van der Waals surface area (Å²) in [5.41, 5.74) is 0. The number of hydrogen-bond acceptors (Lipinski definition) is 4. The summed E-state index contributed by atoms with van der Waals surface area (Å²) in [6.45, 7) is 2.79. The fourth-order valence-electron chi connectivity index (χ4n) is 1.46. The van der Waals surface area contributed by atoms with Crippen LogP contribution in [0.4, 0.5) is 0 Å². The van der Waals surface area contributed by atoms with Crippen molar-refractivity contribution in [3.05, 3.63) is 0 Å². The molecule has 13 heavy (non-hydrogen) atoms. The van der Waals surface area contributed by atoms with Crippen LogP contribution in [0.3, 0.4) is 0 Å². The smallest absolute Gasteiger partial charge is 0.246 e. The van der Waals surface area contributed by atoms with Crippen LogP contribution in [0.2, 0.25) is 0 Å². The summed E-state index contributed by atoms with van der Waals surface area (Å²) < 4.78 is 5.39. The molecule has 2 atom stereocenters. The second-order valence-corrected chi connectivity index (χ2v) is 4.39. The van der Waals surface area contributed by atoms with E-state index < -0.39 is 0 Å². The van der Waals surface area contributed by atoms with Crippen molar-refractivity contribution < 1.29 is 9.53 Å². The van der Waals surface area contributed by atoms with Crippen LogP contribution >= 0.6 is 11.8 Å². The average Bonchev–Trinajstić information content (AvgIpc) is 2.53. The van der Waals surface area contributed by atoms with Crippen LogP contribution in [-0.4, -0.2) is 42.0 Å². The first-order chi connectivity index (χ1) is 6.25. The summed E-state index contributed by atoms with van der Waals surface area (Å²) in [7, 11) is 0. The maximum atomic E-state index is 10.8. The Kier molecular flexibility index (Phi) is 2.55. The van der Waals surface area contributed by atoms with Crippen molar-refractivity contribution in [2.75, 3.05) is 18.9 Å². The SMILES string of the molecule is CC1=NC(C2CNC(=O)CO2)CS1. The van der Waals surface area contributed by atoms with E-state index in [4.69, 9.17) is 4.74 Å². The number of rotatable bonds is 1. The summed E-state index contributed by atoms with van der Waals surface area (Å²) in [5, 5.41) is 3.90. The Bertz CT molecular complexity index is 245. The lowest BCUT2D eigenvalue weighted by Gasteiger charge is -2.25. The maximum Gasteiger partial charge on any atom is 0.246 e. The number of amides is 1. The lowest BCUT2D eigenvalue weighted by Crippen LogP contribution is -2.47. The number of aliphatic imine (C=N–C) groups is 1. The van der Waals surface area contributed by atoms with E-state index in [9.17, 15) is 4.79 Å². The lowest BCUT2D eigenvalue weighted by molar-refractivity contribution is -0.133. The molecule has 2 heterocycles. The first-order valence-corrected chi connectivity index (χ1v) is 5.30. The van der Waals surface area contributed by atoms with E-state index in [0.717, 1.165) is 10.8 Å². The largest absolute Gasteiger partial charge is 0.364 e. The molecule has 0 aliphatic carbocycles. The monoisotopic (exact) mass is 200 g/mol. The molecule has 0 aromatic carbocycles. The summed E-state index contributed by atoms with van der Waals surface area (Å²) >= 11 is 1.76. The minimum Gasteiger partial charge on any atom is -0.364 e. The molecule has 1 fully saturated rings. The predicted molar refractivity (Wildman–Crippen MR) is 52.1 cm³/mol. The van der Waals surface area contributed by atoms with E-state index in [1.807, 2.05) is 6.92 Å². The topological polar surface area (TPSA) is 50.7 Å². The lowest BCUT2D eigenvalue weighted by atomic mass is 10.2. The Hall–Kier alpha value is -0.550.